The van der Waals surface area contributed by atoms with Gasteiger partial charge in [-0.2, -0.15) is 0 Å². The summed E-state index contributed by atoms with van der Waals surface area (Å²) < 4.78 is 7.48. The maximum Gasteiger partial charge on any atom is 0.254 e. The van der Waals surface area contributed by atoms with E-state index in [9.17, 15) is 9.59 Å². The number of carbonyl (C=O) groups excluding carboxylic acids is 1. The molecule has 0 bridgehead atoms. The molecule has 23 heavy (non-hydrogen) atoms. The van der Waals surface area contributed by atoms with Crippen LogP contribution in [0.4, 0.5) is 0 Å². The Kier molecular flexibility index (Phi) is 4.19. The molecule has 5 heteroatoms. The number of hydrogen-bond donors (Lipinski definition) is 0. The van der Waals surface area contributed by atoms with Gasteiger partial charge in [0.15, 0.2) is 0 Å². The maximum absolute atomic E-state index is 12.4. The van der Waals surface area contributed by atoms with Gasteiger partial charge in [0.2, 0.25) is 0 Å². The first kappa shape index (κ1) is 15.3. The summed E-state index contributed by atoms with van der Waals surface area (Å²) in [6, 6.07) is 12.6. The highest BCUT2D eigenvalue weighted by molar-refractivity contribution is 5.94. The first-order chi connectivity index (χ1) is 11.0. The quantitative estimate of drug-likeness (QED) is 0.871. The van der Waals surface area contributed by atoms with Gasteiger partial charge in [-0.3, -0.25) is 9.59 Å². The maximum atomic E-state index is 12.4. The predicted molar refractivity (Wildman–Crippen MR) is 87.8 cm³/mol. The number of rotatable bonds is 3. The predicted octanol–water partition coefficient (Wildman–Crippen LogP) is 1.99. The van der Waals surface area contributed by atoms with E-state index in [1.807, 2.05) is 43.3 Å². The monoisotopic (exact) mass is 312 g/mol. The van der Waals surface area contributed by atoms with Crippen molar-refractivity contribution in [1.82, 2.24) is 9.47 Å². The standard InChI is InChI=1S/C18H20N2O3/c1-13-10-16(11-17(21)19(13)2)23-15-8-9-20(12-15)18(22)14-6-4-3-5-7-14/h3-7,10-11,15H,8-9,12H2,1-2H3. The zero-order valence-corrected chi connectivity index (χ0v) is 13.4. The summed E-state index contributed by atoms with van der Waals surface area (Å²) in [4.78, 5) is 26.0. The third kappa shape index (κ3) is 3.28. The van der Waals surface area contributed by atoms with Crippen molar-refractivity contribution in [2.45, 2.75) is 19.4 Å². The van der Waals surface area contributed by atoms with E-state index in [4.69, 9.17) is 4.74 Å². The van der Waals surface area contributed by atoms with Gasteiger partial charge >= 0.3 is 0 Å². The summed E-state index contributed by atoms with van der Waals surface area (Å²) in [7, 11) is 1.73. The molecule has 1 aliphatic heterocycles. The molecule has 0 spiro atoms. The van der Waals surface area contributed by atoms with Gasteiger partial charge in [-0.1, -0.05) is 18.2 Å². The van der Waals surface area contributed by atoms with Gasteiger partial charge in [0.25, 0.3) is 11.5 Å². The minimum absolute atomic E-state index is 0.0249. The third-order valence-corrected chi connectivity index (χ3v) is 4.23. The highest BCUT2D eigenvalue weighted by Crippen LogP contribution is 2.19. The smallest absolute Gasteiger partial charge is 0.254 e. The van der Waals surface area contributed by atoms with Gasteiger partial charge in [0.1, 0.15) is 11.9 Å². The number of aromatic nitrogens is 1. The van der Waals surface area contributed by atoms with Crippen LogP contribution in [0, 0.1) is 6.92 Å². The van der Waals surface area contributed by atoms with Gasteiger partial charge in [-0.05, 0) is 25.1 Å². The number of amides is 1. The van der Waals surface area contributed by atoms with Crippen molar-refractivity contribution in [3.63, 3.8) is 0 Å². The van der Waals surface area contributed by atoms with E-state index in [0.29, 0.717) is 24.4 Å². The van der Waals surface area contributed by atoms with Crippen molar-refractivity contribution in [2.24, 2.45) is 7.05 Å². The molecule has 0 radical (unpaired) electrons. The average Bonchev–Trinajstić information content (AvgIpc) is 3.01. The van der Waals surface area contributed by atoms with Crippen LogP contribution in [0.25, 0.3) is 0 Å². The van der Waals surface area contributed by atoms with Gasteiger partial charge in [0.05, 0.1) is 6.54 Å². The molecule has 1 atom stereocenters. The van der Waals surface area contributed by atoms with Crippen LogP contribution in [0.2, 0.25) is 0 Å². The fourth-order valence-corrected chi connectivity index (χ4v) is 2.77. The summed E-state index contributed by atoms with van der Waals surface area (Å²) in [6.45, 7) is 3.08. The third-order valence-electron chi connectivity index (χ3n) is 4.23. The molecular weight excluding hydrogens is 292 g/mol. The Morgan fingerprint density at radius 1 is 1.22 bits per heavy atom. The molecule has 1 aliphatic rings. The minimum Gasteiger partial charge on any atom is -0.488 e. The lowest BCUT2D eigenvalue weighted by Crippen LogP contribution is -2.31. The van der Waals surface area contributed by atoms with Crippen LogP contribution in [0.1, 0.15) is 22.5 Å². The zero-order valence-electron chi connectivity index (χ0n) is 13.4. The zero-order chi connectivity index (χ0) is 16.4. The normalized spacial score (nSPS) is 17.3. The molecule has 0 aliphatic carbocycles. The van der Waals surface area contributed by atoms with E-state index in [-0.39, 0.29) is 17.6 Å². The van der Waals surface area contributed by atoms with Crippen molar-refractivity contribution >= 4 is 5.91 Å². The lowest BCUT2D eigenvalue weighted by molar-refractivity contribution is 0.0772. The van der Waals surface area contributed by atoms with Crippen LogP contribution < -0.4 is 10.3 Å². The molecule has 0 saturated carbocycles. The molecular formula is C18H20N2O3. The summed E-state index contributed by atoms with van der Waals surface area (Å²) in [6.07, 6.45) is 0.696. The molecule has 1 aromatic carbocycles. The van der Waals surface area contributed by atoms with Crippen LogP contribution in [-0.4, -0.2) is 34.6 Å². The Labute approximate surface area is 135 Å². The SMILES string of the molecule is Cc1cc(OC2CCN(C(=O)c3ccccc3)C2)cc(=O)n1C. The number of benzene rings is 1. The Hall–Kier alpha value is -2.56. The number of likely N-dealkylation sites (tertiary alicyclic amines) is 1. The molecule has 5 nitrogen and oxygen atoms in total. The van der Waals surface area contributed by atoms with Crippen LogP contribution in [-0.2, 0) is 7.05 Å². The van der Waals surface area contributed by atoms with Crippen molar-refractivity contribution in [3.8, 4) is 5.75 Å². The lowest BCUT2D eigenvalue weighted by atomic mass is 10.2. The topological polar surface area (TPSA) is 51.5 Å². The molecule has 1 fully saturated rings. The fraction of sp³-hybridized carbons (Fsp3) is 0.333. The summed E-state index contributed by atoms with van der Waals surface area (Å²) in [5.41, 5.74) is 1.45. The van der Waals surface area contributed by atoms with Gasteiger partial charge in [-0.15, -0.1) is 0 Å². The van der Waals surface area contributed by atoms with E-state index < -0.39 is 0 Å². The number of pyridine rings is 1. The fourth-order valence-electron chi connectivity index (χ4n) is 2.77. The second-order valence-corrected chi connectivity index (χ2v) is 5.88. The average molecular weight is 312 g/mol. The molecule has 120 valence electrons. The van der Waals surface area contributed by atoms with Crippen LogP contribution in [0.5, 0.6) is 5.75 Å². The first-order valence-corrected chi connectivity index (χ1v) is 7.73. The number of hydrogen-bond acceptors (Lipinski definition) is 3. The van der Waals surface area contributed by atoms with Gasteiger partial charge in [-0.25, -0.2) is 0 Å². The summed E-state index contributed by atoms with van der Waals surface area (Å²) in [5, 5.41) is 0. The number of aryl methyl sites for hydroxylation is 1. The summed E-state index contributed by atoms with van der Waals surface area (Å²) >= 11 is 0. The molecule has 1 aromatic heterocycles. The largest absolute Gasteiger partial charge is 0.488 e. The molecule has 2 heterocycles. The molecule has 1 saturated heterocycles. The summed E-state index contributed by atoms with van der Waals surface area (Å²) in [5.74, 6) is 0.599. The van der Waals surface area contributed by atoms with Crippen molar-refractivity contribution in [3.05, 3.63) is 64.1 Å². The number of nitrogens with zero attached hydrogens (tertiary/aromatic N) is 2. The van der Waals surface area contributed by atoms with E-state index in [1.165, 1.54) is 6.07 Å². The number of ether oxygens (including phenoxy) is 1. The van der Waals surface area contributed by atoms with Crippen molar-refractivity contribution < 1.29 is 9.53 Å². The Bertz CT molecular complexity index is 768. The highest BCUT2D eigenvalue weighted by Gasteiger charge is 2.28. The van der Waals surface area contributed by atoms with Crippen molar-refractivity contribution in [2.75, 3.05) is 13.1 Å². The van der Waals surface area contributed by atoms with Crippen LogP contribution >= 0.6 is 0 Å². The van der Waals surface area contributed by atoms with Crippen LogP contribution in [0.15, 0.2) is 47.3 Å². The Morgan fingerprint density at radius 3 is 2.65 bits per heavy atom. The number of carbonyl (C=O) groups is 1. The minimum atomic E-state index is -0.0878. The van der Waals surface area contributed by atoms with Crippen molar-refractivity contribution in [1.29, 1.82) is 0 Å². The van der Waals surface area contributed by atoms with E-state index in [1.54, 1.807) is 16.5 Å². The van der Waals surface area contributed by atoms with E-state index in [0.717, 1.165) is 12.1 Å². The van der Waals surface area contributed by atoms with Gasteiger partial charge < -0.3 is 14.2 Å². The lowest BCUT2D eigenvalue weighted by Gasteiger charge is -2.17. The second-order valence-electron chi connectivity index (χ2n) is 5.88. The molecule has 0 N–H and O–H groups in total. The van der Waals surface area contributed by atoms with Crippen LogP contribution in [0.3, 0.4) is 0 Å². The van der Waals surface area contributed by atoms with E-state index in [2.05, 4.69) is 0 Å². The van der Waals surface area contributed by atoms with Gasteiger partial charge in [0, 0.05) is 37.3 Å². The Morgan fingerprint density at radius 2 is 1.96 bits per heavy atom. The molecule has 2 aromatic rings. The highest BCUT2D eigenvalue weighted by atomic mass is 16.5. The molecule has 1 amide bonds. The second kappa shape index (κ2) is 6.28. The molecule has 3 rings (SSSR count). The Balaban J connectivity index is 1.66. The van der Waals surface area contributed by atoms with E-state index >= 15 is 0 Å². The molecule has 1 unspecified atom stereocenters. The first-order valence-electron chi connectivity index (χ1n) is 7.73.